The molecule has 0 saturated carbocycles. The van der Waals surface area contributed by atoms with Gasteiger partial charge in [0.2, 0.25) is 0 Å². The van der Waals surface area contributed by atoms with E-state index in [9.17, 15) is 9.59 Å². The van der Waals surface area contributed by atoms with Gasteiger partial charge in [-0.15, -0.1) is 0 Å². The number of quaternary nitrogens is 1. The number of carbonyl (C=O) groups is 2. The van der Waals surface area contributed by atoms with Crippen LogP contribution in [0.25, 0.3) is 0 Å². The Kier molecular flexibility index (Phi) is 7.45. The first-order chi connectivity index (χ1) is 12.4. The third-order valence-electron chi connectivity index (χ3n) is 5.17. The van der Waals surface area contributed by atoms with Crippen molar-refractivity contribution in [2.24, 2.45) is 0 Å². The second-order valence-corrected chi connectivity index (χ2v) is 7.16. The molecule has 0 bridgehead atoms. The van der Waals surface area contributed by atoms with Crippen molar-refractivity contribution in [2.75, 3.05) is 32.1 Å². The number of likely N-dealkylation sites (tertiary alicyclic amines) is 1. The number of benzene rings is 1. The molecule has 1 saturated heterocycles. The van der Waals surface area contributed by atoms with E-state index in [2.05, 4.69) is 19.2 Å². The molecule has 1 aliphatic heterocycles. The van der Waals surface area contributed by atoms with Gasteiger partial charge in [-0.2, -0.15) is 0 Å². The fourth-order valence-corrected chi connectivity index (χ4v) is 3.64. The van der Waals surface area contributed by atoms with Crippen molar-refractivity contribution in [3.05, 3.63) is 24.3 Å². The average molecular weight is 362 g/mol. The molecule has 6 nitrogen and oxygen atoms in total. The predicted molar refractivity (Wildman–Crippen MR) is 102 cm³/mol. The van der Waals surface area contributed by atoms with Gasteiger partial charge in [0, 0.05) is 17.8 Å². The van der Waals surface area contributed by atoms with E-state index in [1.54, 1.807) is 7.11 Å². The second-order valence-electron chi connectivity index (χ2n) is 7.16. The van der Waals surface area contributed by atoms with E-state index < -0.39 is 0 Å². The highest BCUT2D eigenvalue weighted by molar-refractivity contribution is 5.91. The summed E-state index contributed by atoms with van der Waals surface area (Å²) < 4.78 is 5.12. The minimum atomic E-state index is -0.0837. The Bertz CT molecular complexity index is 593. The Labute approximate surface area is 156 Å². The molecule has 0 aliphatic carbocycles. The highest BCUT2D eigenvalue weighted by Crippen LogP contribution is 2.22. The van der Waals surface area contributed by atoms with Gasteiger partial charge in [0.05, 0.1) is 13.7 Å². The Morgan fingerprint density at radius 3 is 2.31 bits per heavy atom. The molecule has 2 rings (SSSR count). The first-order valence-electron chi connectivity index (χ1n) is 9.53. The van der Waals surface area contributed by atoms with Gasteiger partial charge in [0.1, 0.15) is 5.75 Å². The molecule has 1 aromatic rings. The SMILES string of the molecule is CC[NH+](CC(=O)Nc1ccc(OC)cc1)CC(=O)N1[C@@H](C)CCC[C@@H]1C. The maximum absolute atomic E-state index is 12.8. The van der Waals surface area contributed by atoms with Crippen LogP contribution < -0.4 is 15.0 Å². The first-order valence-corrected chi connectivity index (χ1v) is 9.53. The van der Waals surface area contributed by atoms with Crippen LogP contribution in [0.1, 0.15) is 40.0 Å². The molecule has 0 radical (unpaired) electrons. The topological polar surface area (TPSA) is 63.1 Å². The summed E-state index contributed by atoms with van der Waals surface area (Å²) in [7, 11) is 1.61. The largest absolute Gasteiger partial charge is 0.497 e. The Hall–Kier alpha value is -2.08. The zero-order chi connectivity index (χ0) is 19.1. The van der Waals surface area contributed by atoms with Crippen LogP contribution in [-0.2, 0) is 9.59 Å². The van der Waals surface area contributed by atoms with Gasteiger partial charge in [0.25, 0.3) is 11.8 Å². The molecule has 0 spiro atoms. The molecule has 26 heavy (non-hydrogen) atoms. The number of amides is 2. The van der Waals surface area contributed by atoms with Gasteiger partial charge in [-0.1, -0.05) is 0 Å². The summed E-state index contributed by atoms with van der Waals surface area (Å²) in [5.41, 5.74) is 0.732. The van der Waals surface area contributed by atoms with Crippen molar-refractivity contribution in [1.82, 2.24) is 4.90 Å². The Morgan fingerprint density at radius 2 is 1.77 bits per heavy atom. The fourth-order valence-electron chi connectivity index (χ4n) is 3.64. The minimum absolute atomic E-state index is 0.0837. The van der Waals surface area contributed by atoms with E-state index in [-0.39, 0.29) is 30.4 Å². The normalized spacial score (nSPS) is 21.2. The monoisotopic (exact) mass is 362 g/mol. The zero-order valence-electron chi connectivity index (χ0n) is 16.4. The van der Waals surface area contributed by atoms with E-state index in [1.165, 1.54) is 6.42 Å². The quantitative estimate of drug-likeness (QED) is 0.769. The second kappa shape index (κ2) is 9.57. The number of hydrogen-bond acceptors (Lipinski definition) is 3. The number of hydrogen-bond donors (Lipinski definition) is 2. The van der Waals surface area contributed by atoms with Crippen molar-refractivity contribution in [1.29, 1.82) is 0 Å². The summed E-state index contributed by atoms with van der Waals surface area (Å²) in [5.74, 6) is 0.817. The van der Waals surface area contributed by atoms with Gasteiger partial charge in [0.15, 0.2) is 13.1 Å². The number of nitrogens with one attached hydrogen (secondary N) is 2. The maximum atomic E-state index is 12.8. The lowest BCUT2D eigenvalue weighted by Crippen LogP contribution is -3.14. The van der Waals surface area contributed by atoms with Crippen molar-refractivity contribution < 1.29 is 19.2 Å². The summed E-state index contributed by atoms with van der Waals surface area (Å²) in [5, 5.41) is 2.89. The summed E-state index contributed by atoms with van der Waals surface area (Å²) in [6, 6.07) is 7.82. The molecule has 2 N–H and O–H groups in total. The van der Waals surface area contributed by atoms with E-state index in [4.69, 9.17) is 4.74 Å². The Balaban J connectivity index is 1.89. The van der Waals surface area contributed by atoms with Crippen molar-refractivity contribution in [3.8, 4) is 5.75 Å². The minimum Gasteiger partial charge on any atom is -0.497 e. The van der Waals surface area contributed by atoms with Crippen LogP contribution in [0.2, 0.25) is 0 Å². The highest BCUT2D eigenvalue weighted by atomic mass is 16.5. The molecule has 1 aliphatic rings. The number of piperidine rings is 1. The number of ether oxygens (including phenoxy) is 1. The van der Waals surface area contributed by atoms with Gasteiger partial charge in [-0.25, -0.2) is 0 Å². The van der Waals surface area contributed by atoms with E-state index in [0.29, 0.717) is 6.54 Å². The molecule has 1 unspecified atom stereocenters. The van der Waals surface area contributed by atoms with Crippen LogP contribution in [0.5, 0.6) is 5.75 Å². The van der Waals surface area contributed by atoms with E-state index in [0.717, 1.165) is 35.7 Å². The molecule has 0 aromatic heterocycles. The van der Waals surface area contributed by atoms with Crippen molar-refractivity contribution in [3.63, 3.8) is 0 Å². The molecule has 1 aromatic carbocycles. The third kappa shape index (κ3) is 5.46. The van der Waals surface area contributed by atoms with Gasteiger partial charge in [-0.3, -0.25) is 9.59 Å². The van der Waals surface area contributed by atoms with E-state index >= 15 is 0 Å². The first kappa shape index (κ1) is 20.2. The number of nitrogens with zero attached hydrogens (tertiary/aromatic N) is 1. The van der Waals surface area contributed by atoms with Gasteiger partial charge in [-0.05, 0) is 64.3 Å². The molecular formula is C20H32N3O3+. The summed E-state index contributed by atoms with van der Waals surface area (Å²) in [6.07, 6.45) is 3.31. The van der Waals surface area contributed by atoms with Gasteiger partial charge >= 0.3 is 0 Å². The predicted octanol–water partition coefficient (Wildman–Crippen LogP) is 1.33. The smallest absolute Gasteiger partial charge is 0.279 e. The maximum Gasteiger partial charge on any atom is 0.279 e. The molecule has 3 atom stereocenters. The molecular weight excluding hydrogens is 330 g/mol. The number of methoxy groups -OCH3 is 1. The van der Waals surface area contributed by atoms with E-state index in [1.807, 2.05) is 36.1 Å². The molecule has 1 fully saturated rings. The summed E-state index contributed by atoms with van der Waals surface area (Å²) in [6.45, 7) is 7.63. The zero-order valence-corrected chi connectivity index (χ0v) is 16.4. The summed E-state index contributed by atoms with van der Waals surface area (Å²) >= 11 is 0. The number of carbonyl (C=O) groups excluding carboxylic acids is 2. The van der Waals surface area contributed by atoms with Gasteiger partial charge < -0.3 is 19.9 Å². The van der Waals surface area contributed by atoms with Crippen LogP contribution >= 0.6 is 0 Å². The highest BCUT2D eigenvalue weighted by Gasteiger charge is 2.31. The summed E-state index contributed by atoms with van der Waals surface area (Å²) in [4.78, 5) is 28.1. The molecule has 6 heteroatoms. The number of anilines is 1. The van der Waals surface area contributed by atoms with Crippen LogP contribution in [0.15, 0.2) is 24.3 Å². The van der Waals surface area contributed by atoms with Crippen molar-refractivity contribution in [2.45, 2.75) is 52.1 Å². The Morgan fingerprint density at radius 1 is 1.15 bits per heavy atom. The van der Waals surface area contributed by atoms with Crippen LogP contribution in [0, 0.1) is 0 Å². The molecule has 1 heterocycles. The average Bonchev–Trinajstić information content (AvgIpc) is 2.61. The van der Waals surface area contributed by atoms with Crippen LogP contribution in [0.4, 0.5) is 5.69 Å². The molecule has 2 amide bonds. The molecule has 144 valence electrons. The lowest BCUT2D eigenvalue weighted by atomic mass is 9.97. The van der Waals surface area contributed by atoms with Crippen molar-refractivity contribution >= 4 is 17.5 Å². The lowest BCUT2D eigenvalue weighted by molar-refractivity contribution is -0.882. The lowest BCUT2D eigenvalue weighted by Gasteiger charge is -2.39. The van der Waals surface area contributed by atoms with Crippen LogP contribution in [0.3, 0.4) is 0 Å². The number of likely N-dealkylation sites (N-methyl/N-ethyl adjacent to an activating group) is 1. The standard InChI is InChI=1S/C20H31N3O3/c1-5-22(14-20(25)23-15(2)7-6-8-16(23)3)13-19(24)21-17-9-11-18(26-4)12-10-17/h9-12,15-16H,5-8,13-14H2,1-4H3,(H,21,24)/p+1/t15-,16-/m0/s1. The van der Waals surface area contributed by atoms with Crippen LogP contribution in [-0.4, -0.2) is 55.5 Å². The number of rotatable bonds is 7. The third-order valence-corrected chi connectivity index (χ3v) is 5.17. The fraction of sp³-hybridized carbons (Fsp3) is 0.600.